The highest BCUT2D eigenvalue weighted by Gasteiger charge is 2.20. The number of rotatable bonds is 9. The van der Waals surface area contributed by atoms with Gasteiger partial charge in [0.25, 0.3) is 0 Å². The van der Waals surface area contributed by atoms with Gasteiger partial charge in [-0.15, -0.1) is 0 Å². The number of benzene rings is 2. The number of aliphatic carboxylic acids is 1. The number of nitriles is 1. The van der Waals surface area contributed by atoms with Crippen LogP contribution in [0.2, 0.25) is 0 Å². The molecule has 0 aliphatic rings. The molecule has 8 heteroatoms. The van der Waals surface area contributed by atoms with Crippen LogP contribution in [0.3, 0.4) is 0 Å². The molecule has 0 bridgehead atoms. The normalized spacial score (nSPS) is 11.4. The zero-order chi connectivity index (χ0) is 21.1. The van der Waals surface area contributed by atoms with E-state index in [4.69, 9.17) is 24.9 Å². The summed E-state index contributed by atoms with van der Waals surface area (Å²) in [5.41, 5.74) is 1.43. The third-order valence-corrected chi connectivity index (χ3v) is 3.74. The first-order valence-electron chi connectivity index (χ1n) is 8.73. The predicted octanol–water partition coefficient (Wildman–Crippen LogP) is 3.25. The summed E-state index contributed by atoms with van der Waals surface area (Å²) in [5.74, 6) is -0.697. The van der Waals surface area contributed by atoms with Gasteiger partial charge >= 0.3 is 12.1 Å². The van der Waals surface area contributed by atoms with Crippen LogP contribution in [0.1, 0.15) is 23.7 Å². The van der Waals surface area contributed by atoms with E-state index in [1.165, 1.54) is 6.08 Å². The van der Waals surface area contributed by atoms with Gasteiger partial charge in [-0.25, -0.2) is 9.59 Å². The van der Waals surface area contributed by atoms with E-state index in [9.17, 15) is 9.59 Å². The summed E-state index contributed by atoms with van der Waals surface area (Å²) in [5, 5.41) is 29.2. The molecule has 0 radical (unpaired) electrons. The average Bonchev–Trinajstić information content (AvgIpc) is 2.72. The zero-order valence-electron chi connectivity index (χ0n) is 15.4. The van der Waals surface area contributed by atoms with E-state index in [0.717, 1.165) is 6.08 Å². The summed E-state index contributed by atoms with van der Waals surface area (Å²) >= 11 is 0. The van der Waals surface area contributed by atoms with Gasteiger partial charge in [0, 0.05) is 23.7 Å². The number of hydrogen-bond donors (Lipinski definition) is 3. The second kappa shape index (κ2) is 11.1. The average molecular weight is 396 g/mol. The van der Waals surface area contributed by atoms with Crippen molar-refractivity contribution < 1.29 is 29.3 Å². The second-order valence-electron chi connectivity index (χ2n) is 5.79. The molecule has 0 aliphatic carbocycles. The lowest BCUT2D eigenvalue weighted by atomic mass is 10.0. The highest BCUT2D eigenvalue weighted by molar-refractivity contribution is 5.85. The van der Waals surface area contributed by atoms with E-state index in [0.29, 0.717) is 22.6 Å². The summed E-state index contributed by atoms with van der Waals surface area (Å²) in [7, 11) is 0. The number of para-hydroxylation sites is 1. The minimum absolute atomic E-state index is 0.0616. The SMILES string of the molecule is N#Cc1ccc(NC(=O)O[C@H](C/C=C/C(=O)O)c2ccccc2OCCO)cc1. The van der Waals surface area contributed by atoms with E-state index in [1.807, 2.05) is 6.07 Å². The van der Waals surface area contributed by atoms with Crippen molar-refractivity contribution in [1.82, 2.24) is 0 Å². The molecule has 0 saturated heterocycles. The summed E-state index contributed by atoms with van der Waals surface area (Å²) in [6, 6.07) is 15.1. The van der Waals surface area contributed by atoms with Crippen molar-refractivity contribution in [2.45, 2.75) is 12.5 Å². The summed E-state index contributed by atoms with van der Waals surface area (Å²) in [6.45, 7) is -0.121. The highest BCUT2D eigenvalue weighted by Crippen LogP contribution is 2.31. The maximum absolute atomic E-state index is 12.4. The Labute approximate surface area is 167 Å². The van der Waals surface area contributed by atoms with Gasteiger partial charge in [-0.3, -0.25) is 5.32 Å². The molecule has 0 saturated carbocycles. The Kier molecular flexibility index (Phi) is 8.23. The molecule has 2 aromatic carbocycles. The van der Waals surface area contributed by atoms with E-state index >= 15 is 0 Å². The standard InChI is InChI=1S/C21H20N2O6/c22-14-15-8-10-16(11-9-15)23-21(27)29-19(6-3-7-20(25)26)17-4-1-2-5-18(17)28-13-12-24/h1-5,7-11,19,24H,6,12-13H2,(H,23,27)(H,25,26)/b7-3+/t19-/m1/s1. The van der Waals surface area contributed by atoms with Gasteiger partial charge in [0.1, 0.15) is 18.5 Å². The van der Waals surface area contributed by atoms with Crippen LogP contribution in [0.15, 0.2) is 60.7 Å². The van der Waals surface area contributed by atoms with Crippen LogP contribution in [0.4, 0.5) is 10.5 Å². The zero-order valence-corrected chi connectivity index (χ0v) is 15.4. The molecule has 1 amide bonds. The molecular formula is C21H20N2O6. The molecule has 0 heterocycles. The monoisotopic (exact) mass is 396 g/mol. The number of nitrogens with zero attached hydrogens (tertiary/aromatic N) is 1. The number of carbonyl (C=O) groups is 2. The van der Waals surface area contributed by atoms with Crippen LogP contribution in [-0.2, 0) is 9.53 Å². The molecule has 0 unspecified atom stereocenters. The van der Waals surface area contributed by atoms with Gasteiger partial charge in [-0.1, -0.05) is 24.3 Å². The quantitative estimate of drug-likeness (QED) is 0.555. The number of ether oxygens (including phenoxy) is 2. The summed E-state index contributed by atoms with van der Waals surface area (Å²) in [4.78, 5) is 23.1. The van der Waals surface area contributed by atoms with Gasteiger partial charge in [0.2, 0.25) is 0 Å². The Morgan fingerprint density at radius 1 is 1.17 bits per heavy atom. The first-order valence-corrected chi connectivity index (χ1v) is 8.73. The van der Waals surface area contributed by atoms with Crippen molar-refractivity contribution in [3.8, 4) is 11.8 Å². The first kappa shape index (κ1) is 21.5. The molecule has 29 heavy (non-hydrogen) atoms. The number of carboxylic acid groups (broad SMARTS) is 1. The van der Waals surface area contributed by atoms with Crippen molar-refractivity contribution in [3.63, 3.8) is 0 Å². The molecule has 150 valence electrons. The molecule has 3 N–H and O–H groups in total. The highest BCUT2D eigenvalue weighted by atomic mass is 16.6. The van der Waals surface area contributed by atoms with Crippen LogP contribution in [0.25, 0.3) is 0 Å². The topological polar surface area (TPSA) is 129 Å². The number of nitrogens with one attached hydrogen (secondary N) is 1. The number of carbonyl (C=O) groups excluding carboxylic acids is 1. The lowest BCUT2D eigenvalue weighted by Gasteiger charge is -2.20. The molecule has 0 spiro atoms. The van der Waals surface area contributed by atoms with Gasteiger partial charge in [0.05, 0.1) is 18.2 Å². The van der Waals surface area contributed by atoms with Crippen LogP contribution in [0.5, 0.6) is 5.75 Å². The number of carboxylic acids is 1. The van der Waals surface area contributed by atoms with Crippen LogP contribution in [0, 0.1) is 11.3 Å². The summed E-state index contributed by atoms with van der Waals surface area (Å²) < 4.78 is 11.0. The van der Waals surface area contributed by atoms with Crippen LogP contribution in [-0.4, -0.2) is 35.5 Å². The van der Waals surface area contributed by atoms with Crippen molar-refractivity contribution in [2.24, 2.45) is 0 Å². The Hall–Kier alpha value is -3.83. The van der Waals surface area contributed by atoms with Gasteiger partial charge < -0.3 is 19.7 Å². The van der Waals surface area contributed by atoms with Crippen LogP contribution < -0.4 is 10.1 Å². The van der Waals surface area contributed by atoms with Crippen molar-refractivity contribution in [3.05, 3.63) is 71.8 Å². The smallest absolute Gasteiger partial charge is 0.412 e. The van der Waals surface area contributed by atoms with Gasteiger partial charge in [-0.05, 0) is 30.3 Å². The van der Waals surface area contributed by atoms with Crippen molar-refractivity contribution in [2.75, 3.05) is 18.5 Å². The number of hydrogen-bond acceptors (Lipinski definition) is 6. The minimum atomic E-state index is -1.12. The lowest BCUT2D eigenvalue weighted by molar-refractivity contribution is -0.131. The molecule has 2 aromatic rings. The number of aliphatic hydroxyl groups excluding tert-OH is 1. The second-order valence-corrected chi connectivity index (χ2v) is 5.79. The fourth-order valence-electron chi connectivity index (χ4n) is 2.47. The largest absolute Gasteiger partial charge is 0.491 e. The van der Waals surface area contributed by atoms with E-state index in [2.05, 4.69) is 5.32 Å². The Bertz CT molecular complexity index is 902. The first-order chi connectivity index (χ1) is 14.0. The Morgan fingerprint density at radius 2 is 1.90 bits per heavy atom. The third kappa shape index (κ3) is 7.01. The van der Waals surface area contributed by atoms with Crippen molar-refractivity contribution >= 4 is 17.7 Å². The van der Waals surface area contributed by atoms with Gasteiger partial charge in [-0.2, -0.15) is 5.26 Å². The van der Waals surface area contributed by atoms with Crippen molar-refractivity contribution in [1.29, 1.82) is 5.26 Å². The maximum atomic E-state index is 12.4. The van der Waals surface area contributed by atoms with Gasteiger partial charge in [0.15, 0.2) is 0 Å². The molecule has 0 fully saturated rings. The van der Waals surface area contributed by atoms with E-state index < -0.39 is 18.2 Å². The third-order valence-electron chi connectivity index (χ3n) is 3.74. The molecule has 8 nitrogen and oxygen atoms in total. The Balaban J connectivity index is 2.18. The van der Waals surface area contributed by atoms with Crippen LogP contribution >= 0.6 is 0 Å². The summed E-state index contributed by atoms with van der Waals surface area (Å²) in [6.07, 6.45) is 0.878. The predicted molar refractivity (Wildman–Crippen MR) is 104 cm³/mol. The minimum Gasteiger partial charge on any atom is -0.491 e. The molecule has 2 rings (SSSR count). The number of aliphatic hydroxyl groups is 1. The molecule has 0 aliphatic heterocycles. The Morgan fingerprint density at radius 3 is 2.55 bits per heavy atom. The fraction of sp³-hybridized carbons (Fsp3) is 0.190. The number of amides is 1. The van der Waals surface area contributed by atoms with E-state index in [-0.39, 0.29) is 19.6 Å². The maximum Gasteiger partial charge on any atom is 0.412 e. The molecule has 0 aromatic heterocycles. The molecular weight excluding hydrogens is 376 g/mol. The number of anilines is 1. The molecule has 1 atom stereocenters. The fourth-order valence-corrected chi connectivity index (χ4v) is 2.47. The lowest BCUT2D eigenvalue weighted by Crippen LogP contribution is -2.18. The van der Waals surface area contributed by atoms with E-state index in [1.54, 1.807) is 48.5 Å².